The Balaban J connectivity index is 1.60. The van der Waals surface area contributed by atoms with Crippen LogP contribution in [0.25, 0.3) is 0 Å². The van der Waals surface area contributed by atoms with Crippen molar-refractivity contribution in [2.24, 2.45) is 0 Å². The molecule has 0 radical (unpaired) electrons. The Kier molecular flexibility index (Phi) is 8.08. The second-order valence-electron chi connectivity index (χ2n) is 6.55. The van der Waals surface area contributed by atoms with E-state index in [1.54, 1.807) is 6.08 Å². The van der Waals surface area contributed by atoms with Gasteiger partial charge in [0.25, 0.3) is 0 Å². The molecule has 0 saturated carbocycles. The number of hydrogen-bond donors (Lipinski definition) is 1. The monoisotopic (exact) mass is 460 g/mol. The van der Waals surface area contributed by atoms with E-state index in [9.17, 15) is 9.18 Å². The second kappa shape index (κ2) is 11.0. The number of benzene rings is 2. The summed E-state index contributed by atoms with van der Waals surface area (Å²) in [5.41, 5.74) is 1.66. The van der Waals surface area contributed by atoms with Gasteiger partial charge in [0, 0.05) is 12.2 Å². The van der Waals surface area contributed by atoms with E-state index < -0.39 is 5.82 Å². The van der Waals surface area contributed by atoms with Gasteiger partial charge in [0.15, 0.2) is 11.0 Å². The number of hydrogen-bond acceptors (Lipinski definition) is 5. The van der Waals surface area contributed by atoms with Gasteiger partial charge in [-0.2, -0.15) is 0 Å². The Morgan fingerprint density at radius 3 is 2.74 bits per heavy atom. The number of thioether (sulfide) groups is 1. The Morgan fingerprint density at radius 2 is 2.06 bits per heavy atom. The Labute approximate surface area is 189 Å². The summed E-state index contributed by atoms with van der Waals surface area (Å²) in [5, 5.41) is 11.6. The number of aryl methyl sites for hydroxylation is 1. The molecule has 9 heteroatoms. The van der Waals surface area contributed by atoms with Gasteiger partial charge < -0.3 is 10.1 Å². The van der Waals surface area contributed by atoms with Crippen LogP contribution in [-0.4, -0.2) is 26.4 Å². The summed E-state index contributed by atoms with van der Waals surface area (Å²) < 4.78 is 20.9. The van der Waals surface area contributed by atoms with Gasteiger partial charge in [0.05, 0.1) is 10.8 Å². The summed E-state index contributed by atoms with van der Waals surface area (Å²) in [4.78, 5) is 12.2. The van der Waals surface area contributed by atoms with E-state index in [0.717, 1.165) is 12.2 Å². The predicted molar refractivity (Wildman–Crippen MR) is 121 cm³/mol. The molecule has 31 heavy (non-hydrogen) atoms. The van der Waals surface area contributed by atoms with E-state index in [1.165, 1.54) is 35.5 Å². The van der Waals surface area contributed by atoms with Crippen molar-refractivity contribution in [1.82, 2.24) is 14.8 Å². The van der Waals surface area contributed by atoms with Gasteiger partial charge in [-0.05, 0) is 42.3 Å². The third-order valence-corrected chi connectivity index (χ3v) is 5.60. The molecule has 1 N–H and O–H groups in total. The lowest BCUT2D eigenvalue weighted by Gasteiger charge is -2.10. The molecule has 0 saturated heterocycles. The van der Waals surface area contributed by atoms with Crippen LogP contribution in [0, 0.1) is 5.82 Å². The van der Waals surface area contributed by atoms with Crippen LogP contribution >= 0.6 is 23.4 Å². The third-order valence-electron chi connectivity index (χ3n) is 4.34. The quantitative estimate of drug-likeness (QED) is 0.335. The number of aromatic nitrogens is 3. The van der Waals surface area contributed by atoms with Crippen molar-refractivity contribution in [3.8, 4) is 5.75 Å². The molecule has 1 heterocycles. The molecule has 2 aromatic carbocycles. The predicted octanol–water partition coefficient (Wildman–Crippen LogP) is 5.13. The van der Waals surface area contributed by atoms with Crippen LogP contribution in [-0.2, 0) is 24.4 Å². The van der Waals surface area contributed by atoms with Crippen molar-refractivity contribution in [1.29, 1.82) is 0 Å². The largest absolute Gasteiger partial charge is 0.486 e. The van der Waals surface area contributed by atoms with Crippen molar-refractivity contribution in [3.05, 3.63) is 77.3 Å². The Hall–Kier alpha value is -2.84. The fourth-order valence-electron chi connectivity index (χ4n) is 2.72. The standard InChI is InChI=1S/C22H22ClFN4O2S/c1-3-11-28-20(13-30-17-8-5-15(4-2)6-9-17)26-27-22(28)31-14-21(29)25-16-7-10-19(24)18(23)12-16/h3,5-10,12H,1,4,11,13-14H2,2H3,(H,25,29). The smallest absolute Gasteiger partial charge is 0.234 e. The number of amides is 1. The molecule has 3 aromatic rings. The molecule has 0 unspecified atom stereocenters. The molecule has 0 aliphatic carbocycles. The maximum absolute atomic E-state index is 13.2. The fourth-order valence-corrected chi connectivity index (χ4v) is 3.66. The molecule has 162 valence electrons. The van der Waals surface area contributed by atoms with Crippen LogP contribution in [0.1, 0.15) is 18.3 Å². The summed E-state index contributed by atoms with van der Waals surface area (Å²) >= 11 is 6.98. The number of anilines is 1. The van der Waals surface area contributed by atoms with Gasteiger partial charge in [0.2, 0.25) is 5.91 Å². The van der Waals surface area contributed by atoms with Crippen molar-refractivity contribution in [2.75, 3.05) is 11.1 Å². The molecule has 1 amide bonds. The Bertz CT molecular complexity index is 1060. The molecule has 1 aromatic heterocycles. The second-order valence-corrected chi connectivity index (χ2v) is 7.90. The highest BCUT2D eigenvalue weighted by molar-refractivity contribution is 7.99. The Morgan fingerprint density at radius 1 is 1.29 bits per heavy atom. The number of allylic oxidation sites excluding steroid dienone is 1. The highest BCUT2D eigenvalue weighted by Gasteiger charge is 2.14. The van der Waals surface area contributed by atoms with Crippen LogP contribution in [0.5, 0.6) is 5.75 Å². The van der Waals surface area contributed by atoms with E-state index in [1.807, 2.05) is 28.8 Å². The zero-order valence-electron chi connectivity index (χ0n) is 17.0. The zero-order valence-corrected chi connectivity index (χ0v) is 18.5. The number of ether oxygens (including phenoxy) is 1. The molecule has 0 aliphatic heterocycles. The molecule has 0 atom stereocenters. The van der Waals surface area contributed by atoms with Crippen molar-refractivity contribution >= 4 is 35.0 Å². The van der Waals surface area contributed by atoms with Gasteiger partial charge in [-0.15, -0.1) is 16.8 Å². The lowest BCUT2D eigenvalue weighted by molar-refractivity contribution is -0.113. The maximum Gasteiger partial charge on any atom is 0.234 e. The number of nitrogens with zero attached hydrogens (tertiary/aromatic N) is 3. The summed E-state index contributed by atoms with van der Waals surface area (Å²) in [6, 6.07) is 11.9. The molecule has 0 bridgehead atoms. The summed E-state index contributed by atoms with van der Waals surface area (Å²) in [5.74, 6) is 0.672. The van der Waals surface area contributed by atoms with E-state index in [2.05, 4.69) is 29.0 Å². The van der Waals surface area contributed by atoms with Gasteiger partial charge in [-0.1, -0.05) is 48.5 Å². The number of rotatable bonds is 10. The van der Waals surface area contributed by atoms with E-state index in [-0.39, 0.29) is 23.3 Å². The molecule has 0 spiro atoms. The number of halogens is 2. The molecule has 3 rings (SSSR count). The maximum atomic E-state index is 13.2. The van der Waals surface area contributed by atoms with Crippen molar-refractivity contribution < 1.29 is 13.9 Å². The third kappa shape index (κ3) is 6.32. The van der Waals surface area contributed by atoms with Gasteiger partial charge in [-0.3, -0.25) is 9.36 Å². The van der Waals surface area contributed by atoms with Crippen LogP contribution < -0.4 is 10.1 Å². The highest BCUT2D eigenvalue weighted by Crippen LogP contribution is 2.22. The fraction of sp³-hybridized carbons (Fsp3) is 0.227. The lowest BCUT2D eigenvalue weighted by Crippen LogP contribution is -2.15. The van der Waals surface area contributed by atoms with E-state index in [4.69, 9.17) is 16.3 Å². The molecule has 6 nitrogen and oxygen atoms in total. The number of carbonyl (C=O) groups is 1. The molecular formula is C22H22ClFN4O2S. The van der Waals surface area contributed by atoms with E-state index in [0.29, 0.717) is 23.2 Å². The van der Waals surface area contributed by atoms with E-state index >= 15 is 0 Å². The SMILES string of the molecule is C=CCn1c(COc2ccc(CC)cc2)nnc1SCC(=O)Nc1ccc(F)c(Cl)c1. The summed E-state index contributed by atoms with van der Waals surface area (Å²) in [6.07, 6.45) is 2.70. The molecule has 0 fully saturated rings. The summed E-state index contributed by atoms with van der Waals surface area (Å²) in [6.45, 7) is 6.60. The van der Waals surface area contributed by atoms with Crippen LogP contribution in [0.2, 0.25) is 5.02 Å². The summed E-state index contributed by atoms with van der Waals surface area (Å²) in [7, 11) is 0. The molecule has 0 aliphatic rings. The van der Waals surface area contributed by atoms with Crippen LogP contribution in [0.3, 0.4) is 0 Å². The van der Waals surface area contributed by atoms with Crippen molar-refractivity contribution in [3.63, 3.8) is 0 Å². The first kappa shape index (κ1) is 22.8. The topological polar surface area (TPSA) is 69.0 Å². The highest BCUT2D eigenvalue weighted by atomic mass is 35.5. The molecular weight excluding hydrogens is 439 g/mol. The number of carbonyl (C=O) groups excluding carboxylic acids is 1. The zero-order chi connectivity index (χ0) is 22.2. The first-order valence-electron chi connectivity index (χ1n) is 9.62. The lowest BCUT2D eigenvalue weighted by atomic mass is 10.2. The van der Waals surface area contributed by atoms with Crippen LogP contribution in [0.4, 0.5) is 10.1 Å². The first-order valence-corrected chi connectivity index (χ1v) is 11.0. The van der Waals surface area contributed by atoms with Gasteiger partial charge in [0.1, 0.15) is 18.2 Å². The number of nitrogens with one attached hydrogen (secondary N) is 1. The minimum absolute atomic E-state index is 0.0508. The van der Waals surface area contributed by atoms with Crippen LogP contribution in [0.15, 0.2) is 60.3 Å². The van der Waals surface area contributed by atoms with Crippen molar-refractivity contribution in [2.45, 2.75) is 31.7 Å². The minimum Gasteiger partial charge on any atom is -0.486 e. The first-order chi connectivity index (χ1) is 15.0. The normalized spacial score (nSPS) is 10.7. The minimum atomic E-state index is -0.539. The van der Waals surface area contributed by atoms with Gasteiger partial charge >= 0.3 is 0 Å². The van der Waals surface area contributed by atoms with Gasteiger partial charge in [-0.25, -0.2) is 4.39 Å². The average molecular weight is 461 g/mol. The average Bonchev–Trinajstić information content (AvgIpc) is 3.15.